The summed E-state index contributed by atoms with van der Waals surface area (Å²) < 4.78 is 6.83. The second kappa shape index (κ2) is 5.44. The third-order valence-corrected chi connectivity index (χ3v) is 6.95. The number of hydrogen-bond donors (Lipinski definition) is 0. The molecule has 3 aromatic carbocycles. The molecule has 1 aliphatic carbocycles. The minimum Gasteiger partial charge on any atom is -0.365 e. The van der Waals surface area contributed by atoms with Gasteiger partial charge in [-0.05, 0) is 70.2 Å². The quantitative estimate of drug-likeness (QED) is 0.484. The highest BCUT2D eigenvalue weighted by Crippen LogP contribution is 2.55. The zero-order valence-electron chi connectivity index (χ0n) is 15.9. The fourth-order valence-corrected chi connectivity index (χ4v) is 4.95. The van der Waals surface area contributed by atoms with Gasteiger partial charge in [-0.2, -0.15) is 0 Å². The largest absolute Gasteiger partial charge is 0.365 e. The van der Waals surface area contributed by atoms with Crippen LogP contribution in [-0.4, -0.2) is 6.61 Å². The normalized spacial score (nSPS) is 26.9. The summed E-state index contributed by atoms with van der Waals surface area (Å²) in [7, 11) is 0. The molecule has 0 bridgehead atoms. The van der Waals surface area contributed by atoms with Gasteiger partial charge in [0, 0.05) is 0 Å². The first-order chi connectivity index (χ1) is 12.6. The number of aryl methyl sites for hydroxylation is 1. The molecule has 2 unspecified atom stereocenters. The van der Waals surface area contributed by atoms with Crippen LogP contribution in [0.4, 0.5) is 0 Å². The van der Waals surface area contributed by atoms with Crippen LogP contribution in [0, 0.1) is 12.3 Å². The summed E-state index contributed by atoms with van der Waals surface area (Å²) in [6.07, 6.45) is 3.43. The molecule has 1 fully saturated rings. The summed E-state index contributed by atoms with van der Waals surface area (Å²) in [5.74, 6) is 0. The van der Waals surface area contributed by atoms with Gasteiger partial charge in [0.05, 0.1) is 6.61 Å². The van der Waals surface area contributed by atoms with Gasteiger partial charge in [-0.3, -0.25) is 0 Å². The highest BCUT2D eigenvalue weighted by atomic mass is 16.5. The van der Waals surface area contributed by atoms with Gasteiger partial charge in [0.25, 0.3) is 0 Å². The number of fused-ring (bicyclic) bond motifs is 4. The van der Waals surface area contributed by atoms with Crippen LogP contribution in [0.25, 0.3) is 21.9 Å². The van der Waals surface area contributed by atoms with Gasteiger partial charge in [-0.1, -0.05) is 68.4 Å². The van der Waals surface area contributed by atoms with E-state index in [4.69, 9.17) is 4.74 Å². The van der Waals surface area contributed by atoms with Crippen molar-refractivity contribution in [3.05, 3.63) is 71.3 Å². The van der Waals surface area contributed by atoms with Gasteiger partial charge in [0.15, 0.2) is 0 Å². The molecule has 2 aliphatic rings. The lowest BCUT2D eigenvalue weighted by Gasteiger charge is -2.48. The van der Waals surface area contributed by atoms with E-state index >= 15 is 0 Å². The van der Waals surface area contributed by atoms with E-state index in [0.29, 0.717) is 5.41 Å². The molecule has 1 spiro atoms. The molecule has 3 aromatic rings. The lowest BCUT2D eigenvalue weighted by atomic mass is 9.67. The molecule has 5 rings (SSSR count). The average molecular weight is 342 g/mol. The second-order valence-corrected chi connectivity index (χ2v) is 8.48. The van der Waals surface area contributed by atoms with Gasteiger partial charge in [0.1, 0.15) is 5.60 Å². The molecule has 26 heavy (non-hydrogen) atoms. The van der Waals surface area contributed by atoms with Crippen molar-refractivity contribution in [1.82, 2.24) is 0 Å². The average Bonchev–Trinajstić information content (AvgIpc) is 2.69. The van der Waals surface area contributed by atoms with Crippen LogP contribution in [0.15, 0.2) is 54.6 Å². The summed E-state index contributed by atoms with van der Waals surface area (Å²) >= 11 is 0. The number of ether oxygens (including phenoxy) is 1. The Hall–Kier alpha value is -2.12. The van der Waals surface area contributed by atoms with Crippen LogP contribution in [0.5, 0.6) is 0 Å². The van der Waals surface area contributed by atoms with Crippen LogP contribution in [0.3, 0.4) is 0 Å². The van der Waals surface area contributed by atoms with E-state index in [9.17, 15) is 0 Å². The third-order valence-electron chi connectivity index (χ3n) is 6.95. The van der Waals surface area contributed by atoms with Crippen LogP contribution >= 0.6 is 0 Å². The fourth-order valence-electron chi connectivity index (χ4n) is 4.95. The van der Waals surface area contributed by atoms with Gasteiger partial charge in [-0.25, -0.2) is 0 Å². The molecule has 1 heterocycles. The van der Waals surface area contributed by atoms with E-state index in [-0.39, 0.29) is 5.60 Å². The molecule has 0 radical (unpaired) electrons. The molecule has 0 N–H and O–H groups in total. The van der Waals surface area contributed by atoms with E-state index in [1.54, 1.807) is 0 Å². The smallest absolute Gasteiger partial charge is 0.119 e. The Labute approximate surface area is 156 Å². The number of benzene rings is 3. The monoisotopic (exact) mass is 342 g/mol. The van der Waals surface area contributed by atoms with Crippen molar-refractivity contribution in [3.8, 4) is 11.1 Å². The minimum absolute atomic E-state index is 0.293. The maximum absolute atomic E-state index is 6.83. The Morgan fingerprint density at radius 3 is 2.46 bits per heavy atom. The van der Waals surface area contributed by atoms with Crippen molar-refractivity contribution in [3.63, 3.8) is 0 Å². The molecule has 2 atom stereocenters. The molecular weight excluding hydrogens is 316 g/mol. The lowest BCUT2D eigenvalue weighted by molar-refractivity contribution is -0.110. The molecule has 1 aliphatic heterocycles. The van der Waals surface area contributed by atoms with Crippen molar-refractivity contribution in [2.45, 2.75) is 45.6 Å². The highest BCUT2D eigenvalue weighted by Gasteiger charge is 2.47. The summed E-state index contributed by atoms with van der Waals surface area (Å²) in [6.45, 7) is 7.70. The van der Waals surface area contributed by atoms with Crippen LogP contribution < -0.4 is 0 Å². The maximum Gasteiger partial charge on any atom is 0.119 e. The Balaban J connectivity index is 1.84. The summed E-state index contributed by atoms with van der Waals surface area (Å²) in [4.78, 5) is 0. The SMILES string of the molecule is CCC1(C)CCC2(OC1)c1ccccc1-c1cccc3c(C)ccc2c13. The summed E-state index contributed by atoms with van der Waals surface area (Å²) in [5, 5.41) is 2.76. The number of hydrogen-bond acceptors (Lipinski definition) is 1. The topological polar surface area (TPSA) is 9.23 Å². The molecule has 1 nitrogen and oxygen atoms in total. The van der Waals surface area contributed by atoms with Crippen LogP contribution in [-0.2, 0) is 10.3 Å². The molecule has 132 valence electrons. The molecule has 0 amide bonds. The Morgan fingerprint density at radius 1 is 0.885 bits per heavy atom. The number of rotatable bonds is 1. The second-order valence-electron chi connectivity index (χ2n) is 8.48. The Kier molecular flexibility index (Phi) is 3.36. The predicted octanol–water partition coefficient (Wildman–Crippen LogP) is 6.60. The first kappa shape index (κ1) is 16.1. The highest BCUT2D eigenvalue weighted by molar-refractivity contribution is 6.04. The van der Waals surface area contributed by atoms with E-state index < -0.39 is 0 Å². The molecule has 1 heteroatoms. The van der Waals surface area contributed by atoms with Crippen molar-refractivity contribution in [1.29, 1.82) is 0 Å². The van der Waals surface area contributed by atoms with Crippen molar-refractivity contribution >= 4 is 10.8 Å². The van der Waals surface area contributed by atoms with Gasteiger partial charge in [-0.15, -0.1) is 0 Å². The van der Waals surface area contributed by atoms with Crippen molar-refractivity contribution in [2.75, 3.05) is 6.61 Å². The van der Waals surface area contributed by atoms with E-state index in [2.05, 4.69) is 75.4 Å². The van der Waals surface area contributed by atoms with Gasteiger partial charge < -0.3 is 4.74 Å². The minimum atomic E-state index is -0.300. The third kappa shape index (κ3) is 2.01. The van der Waals surface area contributed by atoms with Crippen LogP contribution in [0.2, 0.25) is 0 Å². The lowest BCUT2D eigenvalue weighted by Crippen LogP contribution is -2.43. The maximum atomic E-state index is 6.83. The van der Waals surface area contributed by atoms with E-state index in [1.165, 1.54) is 51.4 Å². The van der Waals surface area contributed by atoms with Gasteiger partial charge >= 0.3 is 0 Å². The predicted molar refractivity (Wildman–Crippen MR) is 108 cm³/mol. The first-order valence-corrected chi connectivity index (χ1v) is 9.85. The van der Waals surface area contributed by atoms with Crippen LogP contribution in [0.1, 0.15) is 49.8 Å². The Morgan fingerprint density at radius 2 is 1.69 bits per heavy atom. The van der Waals surface area contributed by atoms with Crippen molar-refractivity contribution < 1.29 is 4.74 Å². The fraction of sp³-hybridized carbons (Fsp3) is 0.360. The first-order valence-electron chi connectivity index (χ1n) is 9.85. The Bertz CT molecular complexity index is 1010. The van der Waals surface area contributed by atoms with E-state index in [1.807, 2.05) is 0 Å². The summed E-state index contributed by atoms with van der Waals surface area (Å²) in [5.41, 5.74) is 6.75. The summed E-state index contributed by atoms with van der Waals surface area (Å²) in [6, 6.07) is 20.2. The molecule has 0 saturated carbocycles. The standard InChI is InChI=1S/C25H26O/c1-4-24(3)14-15-25(26-16-24)21-11-6-5-8-19(21)20-10-7-9-18-17(2)12-13-22(25)23(18)20/h5-13H,4,14-16H2,1-3H3. The molecular formula is C25H26O. The van der Waals surface area contributed by atoms with Crippen molar-refractivity contribution in [2.24, 2.45) is 5.41 Å². The van der Waals surface area contributed by atoms with Gasteiger partial charge in [0.2, 0.25) is 0 Å². The van der Waals surface area contributed by atoms with E-state index in [0.717, 1.165) is 13.0 Å². The zero-order chi connectivity index (χ0) is 17.9. The zero-order valence-corrected chi connectivity index (χ0v) is 15.9. The molecule has 0 aromatic heterocycles. The molecule has 1 saturated heterocycles.